The van der Waals surface area contributed by atoms with Gasteiger partial charge in [-0.1, -0.05) is 6.07 Å². The molecule has 0 aliphatic heterocycles. The summed E-state index contributed by atoms with van der Waals surface area (Å²) >= 11 is 0. The summed E-state index contributed by atoms with van der Waals surface area (Å²) < 4.78 is 4.56. The fourth-order valence-electron chi connectivity index (χ4n) is 1.32. The number of hydrogen-bond donors (Lipinski definition) is 1. The van der Waals surface area contributed by atoms with E-state index in [1.807, 2.05) is 6.07 Å². The highest BCUT2D eigenvalue weighted by molar-refractivity contribution is 5.91. The molecule has 0 aliphatic rings. The van der Waals surface area contributed by atoms with Crippen molar-refractivity contribution in [3.05, 3.63) is 34.4 Å². The monoisotopic (exact) mass is 205 g/mol. The Bertz CT molecular complexity index is 432. The van der Waals surface area contributed by atoms with Crippen LogP contribution < -0.4 is 0 Å². The summed E-state index contributed by atoms with van der Waals surface area (Å²) in [7, 11) is 1.26. The fraction of sp³-hybridized carbons (Fsp3) is 0.273. The Balaban J connectivity index is 3.36. The normalized spacial score (nSPS) is 9.47. The van der Waals surface area contributed by atoms with Crippen molar-refractivity contribution in [3.8, 4) is 6.07 Å². The summed E-state index contributed by atoms with van der Waals surface area (Å²) in [5.41, 5.74) is 1.85. The van der Waals surface area contributed by atoms with Gasteiger partial charge in [0.15, 0.2) is 0 Å². The first-order valence-electron chi connectivity index (χ1n) is 4.36. The van der Waals surface area contributed by atoms with Crippen molar-refractivity contribution in [2.75, 3.05) is 7.11 Å². The largest absolute Gasteiger partial charge is 0.465 e. The summed E-state index contributed by atoms with van der Waals surface area (Å²) in [6.45, 7) is 1.50. The molecule has 0 aromatic heterocycles. The molecule has 1 aromatic rings. The molecule has 0 heterocycles. The van der Waals surface area contributed by atoms with Gasteiger partial charge in [0.05, 0.1) is 30.9 Å². The lowest BCUT2D eigenvalue weighted by atomic mass is 10.00. The van der Waals surface area contributed by atoms with Gasteiger partial charge < -0.3 is 9.84 Å². The summed E-state index contributed by atoms with van der Waals surface area (Å²) in [5.74, 6) is -0.546. The van der Waals surface area contributed by atoms with Crippen LogP contribution in [0.25, 0.3) is 0 Å². The number of esters is 1. The summed E-state index contributed by atoms with van der Waals surface area (Å²) in [4.78, 5) is 11.3. The third-order valence-corrected chi connectivity index (χ3v) is 2.15. The molecule has 0 unspecified atom stereocenters. The van der Waals surface area contributed by atoms with Gasteiger partial charge in [0.25, 0.3) is 0 Å². The molecule has 0 fully saturated rings. The van der Waals surface area contributed by atoms with Crippen LogP contribution in [0.2, 0.25) is 0 Å². The molecule has 0 amide bonds. The van der Waals surface area contributed by atoms with Crippen LogP contribution in [0, 0.1) is 18.3 Å². The van der Waals surface area contributed by atoms with E-state index in [1.54, 1.807) is 13.0 Å². The zero-order valence-corrected chi connectivity index (χ0v) is 8.57. The predicted octanol–water partition coefficient (Wildman–Crippen LogP) is 1.15. The Kier molecular flexibility index (Phi) is 3.42. The van der Waals surface area contributed by atoms with E-state index < -0.39 is 5.97 Å². The number of benzene rings is 1. The fourth-order valence-corrected chi connectivity index (χ4v) is 1.32. The molecule has 1 rings (SSSR count). The van der Waals surface area contributed by atoms with Gasteiger partial charge in [-0.3, -0.25) is 0 Å². The number of nitrogens with zero attached hydrogens (tertiary/aromatic N) is 1. The number of aliphatic hydroxyl groups excluding tert-OH is 1. The van der Waals surface area contributed by atoms with Crippen molar-refractivity contribution < 1.29 is 14.6 Å². The zero-order valence-electron chi connectivity index (χ0n) is 8.57. The number of rotatable bonds is 2. The Morgan fingerprint density at radius 3 is 2.73 bits per heavy atom. The van der Waals surface area contributed by atoms with Crippen LogP contribution in [0.15, 0.2) is 12.1 Å². The van der Waals surface area contributed by atoms with Gasteiger partial charge in [-0.2, -0.15) is 5.26 Å². The molecule has 4 heteroatoms. The van der Waals surface area contributed by atoms with Crippen molar-refractivity contribution >= 4 is 5.97 Å². The van der Waals surface area contributed by atoms with Crippen LogP contribution in [-0.2, 0) is 11.3 Å². The Labute approximate surface area is 87.7 Å². The molecular formula is C11H11NO3. The molecule has 0 bridgehead atoms. The van der Waals surface area contributed by atoms with Crippen LogP contribution in [0.5, 0.6) is 0 Å². The van der Waals surface area contributed by atoms with E-state index in [9.17, 15) is 4.79 Å². The lowest BCUT2D eigenvalue weighted by Crippen LogP contribution is -2.07. The number of carbonyl (C=O) groups is 1. The average Bonchev–Trinajstić information content (AvgIpc) is 2.27. The molecule has 1 N–H and O–H groups in total. The minimum atomic E-state index is -0.546. The molecule has 1 aromatic carbocycles. The third kappa shape index (κ3) is 2.14. The number of aryl methyl sites for hydroxylation is 1. The maximum atomic E-state index is 11.3. The standard InChI is InChI=1S/C11H11NO3/c1-7-3-9(6-13)10(11(14)15-2)4-8(7)5-12/h3-4,13H,6H2,1-2H3. The second kappa shape index (κ2) is 4.58. The number of nitriles is 1. The van der Waals surface area contributed by atoms with Crippen LogP contribution in [0.4, 0.5) is 0 Å². The van der Waals surface area contributed by atoms with Crippen molar-refractivity contribution in [1.82, 2.24) is 0 Å². The second-order valence-corrected chi connectivity index (χ2v) is 3.09. The smallest absolute Gasteiger partial charge is 0.338 e. The third-order valence-electron chi connectivity index (χ3n) is 2.15. The molecule has 0 aliphatic carbocycles. The first-order chi connectivity index (χ1) is 7.13. The number of methoxy groups -OCH3 is 1. The maximum Gasteiger partial charge on any atom is 0.338 e. The predicted molar refractivity (Wildman–Crippen MR) is 53.2 cm³/mol. The average molecular weight is 205 g/mol. The van der Waals surface area contributed by atoms with Gasteiger partial charge in [-0.25, -0.2) is 4.79 Å². The van der Waals surface area contributed by atoms with Crippen LogP contribution in [0.1, 0.15) is 27.0 Å². The van der Waals surface area contributed by atoms with E-state index >= 15 is 0 Å². The van der Waals surface area contributed by atoms with E-state index in [2.05, 4.69) is 4.74 Å². The molecule has 0 saturated heterocycles. The van der Waals surface area contributed by atoms with Crippen molar-refractivity contribution in [3.63, 3.8) is 0 Å². The van der Waals surface area contributed by atoms with Crippen molar-refractivity contribution in [2.45, 2.75) is 13.5 Å². The molecule has 0 radical (unpaired) electrons. The molecule has 0 spiro atoms. The van der Waals surface area contributed by atoms with E-state index in [4.69, 9.17) is 10.4 Å². The molecule has 15 heavy (non-hydrogen) atoms. The van der Waals surface area contributed by atoms with Crippen molar-refractivity contribution in [1.29, 1.82) is 5.26 Å². The summed E-state index contributed by atoms with van der Waals surface area (Å²) in [6.07, 6.45) is 0. The number of carbonyl (C=O) groups excluding carboxylic acids is 1. The van der Waals surface area contributed by atoms with E-state index in [-0.39, 0.29) is 12.2 Å². The Morgan fingerprint density at radius 2 is 2.27 bits per heavy atom. The van der Waals surface area contributed by atoms with Crippen molar-refractivity contribution in [2.24, 2.45) is 0 Å². The molecule has 0 saturated carbocycles. The SMILES string of the molecule is COC(=O)c1cc(C#N)c(C)cc1CO. The van der Waals surface area contributed by atoms with Crippen LogP contribution >= 0.6 is 0 Å². The second-order valence-electron chi connectivity index (χ2n) is 3.09. The van der Waals surface area contributed by atoms with E-state index in [0.29, 0.717) is 11.1 Å². The lowest BCUT2D eigenvalue weighted by Gasteiger charge is -2.07. The summed E-state index contributed by atoms with van der Waals surface area (Å²) in [6, 6.07) is 5.03. The number of ether oxygens (including phenoxy) is 1. The number of aliphatic hydroxyl groups is 1. The molecule has 0 atom stereocenters. The van der Waals surface area contributed by atoms with Crippen LogP contribution in [0.3, 0.4) is 0 Å². The highest BCUT2D eigenvalue weighted by Crippen LogP contribution is 2.17. The van der Waals surface area contributed by atoms with Crippen LogP contribution in [-0.4, -0.2) is 18.2 Å². The van der Waals surface area contributed by atoms with Gasteiger partial charge in [0.1, 0.15) is 0 Å². The Hall–Kier alpha value is -1.86. The topological polar surface area (TPSA) is 70.3 Å². The maximum absolute atomic E-state index is 11.3. The zero-order chi connectivity index (χ0) is 11.4. The minimum absolute atomic E-state index is 0.238. The highest BCUT2D eigenvalue weighted by atomic mass is 16.5. The van der Waals surface area contributed by atoms with Gasteiger partial charge in [-0.05, 0) is 24.1 Å². The van der Waals surface area contributed by atoms with Gasteiger partial charge in [-0.15, -0.1) is 0 Å². The number of hydrogen-bond acceptors (Lipinski definition) is 4. The quantitative estimate of drug-likeness (QED) is 0.735. The highest BCUT2D eigenvalue weighted by Gasteiger charge is 2.13. The minimum Gasteiger partial charge on any atom is -0.465 e. The van der Waals surface area contributed by atoms with E-state index in [1.165, 1.54) is 13.2 Å². The first-order valence-corrected chi connectivity index (χ1v) is 4.36. The van der Waals surface area contributed by atoms with Gasteiger partial charge >= 0.3 is 5.97 Å². The summed E-state index contributed by atoms with van der Waals surface area (Å²) in [5, 5.41) is 17.9. The molecule has 78 valence electrons. The Morgan fingerprint density at radius 1 is 1.60 bits per heavy atom. The molecule has 4 nitrogen and oxygen atoms in total. The first kappa shape index (κ1) is 11.2. The lowest BCUT2D eigenvalue weighted by molar-refractivity contribution is 0.0597. The molecular weight excluding hydrogens is 194 g/mol. The van der Waals surface area contributed by atoms with Gasteiger partial charge in [0, 0.05) is 0 Å². The van der Waals surface area contributed by atoms with Gasteiger partial charge in [0.2, 0.25) is 0 Å². The van der Waals surface area contributed by atoms with E-state index in [0.717, 1.165) is 5.56 Å².